The van der Waals surface area contributed by atoms with Crippen molar-refractivity contribution in [2.75, 3.05) is 25.4 Å². The number of carbonyl (C=O) groups excluding carboxylic acids is 1. The van der Waals surface area contributed by atoms with E-state index in [1.165, 1.54) is 4.90 Å². The predicted octanol–water partition coefficient (Wildman–Crippen LogP) is -0.902. The van der Waals surface area contributed by atoms with Crippen molar-refractivity contribution in [2.45, 2.75) is 25.3 Å². The molecule has 0 bridgehead atoms. The molecule has 18 heavy (non-hydrogen) atoms. The molecule has 0 saturated carbocycles. The van der Waals surface area contributed by atoms with Gasteiger partial charge in [-0.25, -0.2) is 13.2 Å². The summed E-state index contributed by atoms with van der Waals surface area (Å²) < 4.78 is 24.3. The molecule has 2 aliphatic rings. The van der Waals surface area contributed by atoms with Gasteiger partial charge in [-0.15, -0.1) is 0 Å². The van der Waals surface area contributed by atoms with Crippen LogP contribution in [0.1, 0.15) is 19.3 Å². The van der Waals surface area contributed by atoms with Crippen molar-refractivity contribution in [3.63, 3.8) is 0 Å². The van der Waals surface area contributed by atoms with Crippen molar-refractivity contribution >= 4 is 21.9 Å². The highest BCUT2D eigenvalue weighted by molar-refractivity contribution is 7.89. The van der Waals surface area contributed by atoms with Crippen molar-refractivity contribution in [2.24, 2.45) is 0 Å². The molecule has 2 aliphatic heterocycles. The molecule has 102 valence electrons. The summed E-state index contributed by atoms with van der Waals surface area (Å²) in [5.74, 6) is -1.36. The minimum Gasteiger partial charge on any atom is -0.480 e. The molecule has 2 heterocycles. The summed E-state index contributed by atoms with van der Waals surface area (Å²) in [6.45, 7) is 0.509. The third kappa shape index (κ3) is 2.49. The van der Waals surface area contributed by atoms with Crippen LogP contribution in [-0.2, 0) is 19.6 Å². The molecule has 0 aromatic carbocycles. The maximum absolute atomic E-state index is 12.0. The summed E-state index contributed by atoms with van der Waals surface area (Å²) in [4.78, 5) is 24.2. The maximum Gasteiger partial charge on any atom is 0.326 e. The smallest absolute Gasteiger partial charge is 0.326 e. The van der Waals surface area contributed by atoms with Gasteiger partial charge < -0.3 is 10.0 Å². The zero-order chi connectivity index (χ0) is 13.3. The number of carbonyl (C=O) groups is 2. The number of nitrogens with zero attached hydrogens (tertiary/aromatic N) is 2. The Morgan fingerprint density at radius 3 is 2.50 bits per heavy atom. The maximum atomic E-state index is 12.0. The minimum atomic E-state index is -3.31. The molecule has 7 nitrogen and oxygen atoms in total. The highest BCUT2D eigenvalue weighted by Gasteiger charge is 2.37. The molecule has 1 N–H and O–H groups in total. The number of rotatable bonds is 3. The Hall–Kier alpha value is -1.15. The van der Waals surface area contributed by atoms with E-state index in [0.717, 1.165) is 4.31 Å². The van der Waals surface area contributed by atoms with Crippen molar-refractivity contribution in [3.8, 4) is 0 Å². The lowest BCUT2D eigenvalue weighted by molar-refractivity contribution is -0.148. The monoisotopic (exact) mass is 276 g/mol. The van der Waals surface area contributed by atoms with Gasteiger partial charge in [0.1, 0.15) is 6.04 Å². The second-order valence-corrected chi connectivity index (χ2v) is 6.67. The number of aliphatic carboxylic acids is 1. The van der Waals surface area contributed by atoms with Crippen LogP contribution >= 0.6 is 0 Å². The first-order valence-electron chi connectivity index (χ1n) is 5.92. The van der Waals surface area contributed by atoms with E-state index < -0.39 is 27.9 Å². The van der Waals surface area contributed by atoms with Gasteiger partial charge in [-0.05, 0) is 19.3 Å². The summed E-state index contributed by atoms with van der Waals surface area (Å²) in [7, 11) is -3.31. The van der Waals surface area contributed by atoms with Gasteiger partial charge in [-0.2, -0.15) is 4.31 Å². The first kappa shape index (κ1) is 13.3. The molecule has 0 radical (unpaired) electrons. The van der Waals surface area contributed by atoms with Crippen LogP contribution in [0.5, 0.6) is 0 Å². The molecule has 1 amide bonds. The fraction of sp³-hybridized carbons (Fsp3) is 0.800. The van der Waals surface area contributed by atoms with E-state index in [1.54, 1.807) is 0 Å². The van der Waals surface area contributed by atoms with Crippen LogP contribution in [-0.4, -0.2) is 66.0 Å². The van der Waals surface area contributed by atoms with Gasteiger partial charge in [0.05, 0.1) is 12.3 Å². The largest absolute Gasteiger partial charge is 0.480 e. The normalized spacial score (nSPS) is 27.6. The second-order valence-electron chi connectivity index (χ2n) is 4.59. The lowest BCUT2D eigenvalue weighted by atomic mass is 10.2. The second kappa shape index (κ2) is 4.85. The molecule has 2 rings (SSSR count). The fourth-order valence-electron chi connectivity index (χ4n) is 2.43. The highest BCUT2D eigenvalue weighted by atomic mass is 32.2. The first-order valence-corrected chi connectivity index (χ1v) is 7.53. The molecule has 8 heteroatoms. The van der Waals surface area contributed by atoms with Crippen molar-refractivity contribution in [3.05, 3.63) is 0 Å². The zero-order valence-corrected chi connectivity index (χ0v) is 10.7. The molecular formula is C10H16N2O5S. The van der Waals surface area contributed by atoms with E-state index in [-0.39, 0.29) is 12.3 Å². The molecule has 0 aromatic rings. The molecule has 0 spiro atoms. The molecule has 1 atom stereocenters. The average molecular weight is 276 g/mol. The van der Waals surface area contributed by atoms with Gasteiger partial charge in [-0.3, -0.25) is 4.79 Å². The van der Waals surface area contributed by atoms with Gasteiger partial charge in [-0.1, -0.05) is 0 Å². The first-order chi connectivity index (χ1) is 8.42. The number of amides is 1. The van der Waals surface area contributed by atoms with Crippen LogP contribution in [0.4, 0.5) is 0 Å². The van der Waals surface area contributed by atoms with Gasteiger partial charge in [0.15, 0.2) is 0 Å². The lowest BCUT2D eigenvalue weighted by Crippen LogP contribution is -2.45. The van der Waals surface area contributed by atoms with Crippen molar-refractivity contribution in [1.82, 2.24) is 9.21 Å². The summed E-state index contributed by atoms with van der Waals surface area (Å²) in [5, 5.41) is 8.97. The number of likely N-dealkylation sites (tertiary alicyclic amines) is 1. The molecule has 2 saturated heterocycles. The Bertz CT molecular complexity index is 461. The van der Waals surface area contributed by atoms with Crippen LogP contribution < -0.4 is 0 Å². The van der Waals surface area contributed by atoms with E-state index in [9.17, 15) is 18.0 Å². The van der Waals surface area contributed by atoms with E-state index in [4.69, 9.17) is 5.11 Å². The highest BCUT2D eigenvalue weighted by Crippen LogP contribution is 2.19. The topological polar surface area (TPSA) is 95.0 Å². The fourth-order valence-corrected chi connectivity index (χ4v) is 3.90. The average Bonchev–Trinajstić information content (AvgIpc) is 2.86. The third-order valence-electron chi connectivity index (χ3n) is 3.37. The van der Waals surface area contributed by atoms with Crippen LogP contribution in [0, 0.1) is 0 Å². The van der Waals surface area contributed by atoms with E-state index in [2.05, 4.69) is 0 Å². The van der Waals surface area contributed by atoms with Crippen LogP contribution in [0.2, 0.25) is 0 Å². The van der Waals surface area contributed by atoms with Gasteiger partial charge >= 0.3 is 5.97 Å². The SMILES string of the molecule is O=C(O)[C@@H]1CCCN1C(=O)CN1CCCS1(=O)=O. The van der Waals surface area contributed by atoms with Crippen LogP contribution in [0.25, 0.3) is 0 Å². The summed E-state index contributed by atoms with van der Waals surface area (Å²) >= 11 is 0. The Morgan fingerprint density at radius 2 is 1.94 bits per heavy atom. The Kier molecular flexibility index (Phi) is 3.58. The van der Waals surface area contributed by atoms with Gasteiger partial charge in [0.25, 0.3) is 0 Å². The van der Waals surface area contributed by atoms with Crippen LogP contribution in [0.15, 0.2) is 0 Å². The third-order valence-corrected chi connectivity index (χ3v) is 5.28. The standard InChI is InChI=1S/C10H16N2O5S/c13-9(7-11-4-2-6-18(11,16)17)12-5-1-3-8(12)10(14)15/h8H,1-7H2,(H,14,15)/t8-/m0/s1. The summed E-state index contributed by atoms with van der Waals surface area (Å²) in [6.07, 6.45) is 1.61. The van der Waals surface area contributed by atoms with E-state index >= 15 is 0 Å². The molecule has 0 unspecified atom stereocenters. The number of hydrogen-bond donors (Lipinski definition) is 1. The van der Waals surface area contributed by atoms with Crippen molar-refractivity contribution in [1.29, 1.82) is 0 Å². The molecular weight excluding hydrogens is 260 g/mol. The van der Waals surface area contributed by atoms with Gasteiger partial charge in [0, 0.05) is 13.1 Å². The summed E-state index contributed by atoms with van der Waals surface area (Å²) in [6, 6.07) is -0.803. The lowest BCUT2D eigenvalue weighted by Gasteiger charge is -2.23. The number of sulfonamides is 1. The molecule has 0 aromatic heterocycles. The quantitative estimate of drug-likeness (QED) is 0.720. The predicted molar refractivity (Wildman–Crippen MR) is 62.3 cm³/mol. The Morgan fingerprint density at radius 1 is 1.22 bits per heavy atom. The van der Waals surface area contributed by atoms with Gasteiger partial charge in [0.2, 0.25) is 15.9 Å². The number of carboxylic acids is 1. The van der Waals surface area contributed by atoms with Crippen LogP contribution in [0.3, 0.4) is 0 Å². The van der Waals surface area contributed by atoms with E-state index in [0.29, 0.717) is 32.4 Å². The minimum absolute atomic E-state index is 0.0721. The van der Waals surface area contributed by atoms with Crippen molar-refractivity contribution < 1.29 is 23.1 Å². The van der Waals surface area contributed by atoms with E-state index in [1.807, 2.05) is 0 Å². The Labute approximate surface area is 105 Å². The zero-order valence-electron chi connectivity index (χ0n) is 9.91. The summed E-state index contributed by atoms with van der Waals surface area (Å²) in [5.41, 5.74) is 0. The Balaban J connectivity index is 2.02. The molecule has 2 fully saturated rings. The molecule has 0 aliphatic carbocycles. The number of hydrogen-bond acceptors (Lipinski definition) is 4. The number of carboxylic acid groups (broad SMARTS) is 1.